The first kappa shape index (κ1) is 20.9. The van der Waals surface area contributed by atoms with Crippen molar-refractivity contribution >= 4 is 11.8 Å². The minimum absolute atomic E-state index is 0.0126. The number of nitrogens with one attached hydrogen (secondary N) is 2. The number of unbranched alkanes of at least 4 members (excludes halogenated alkanes) is 2. The van der Waals surface area contributed by atoms with Crippen LogP contribution in [-0.4, -0.2) is 51.8 Å². The largest absolute Gasteiger partial charge is 0.379 e. The summed E-state index contributed by atoms with van der Waals surface area (Å²) in [6.45, 7) is 7.03. The number of hydrogen-bond donors (Lipinski definition) is 2. The fraction of sp³-hybridized carbons (Fsp3) is 0.875. The topological polar surface area (TPSA) is 76.7 Å². The Bertz CT molecular complexity index is 296. The Labute approximate surface area is 134 Å². The summed E-state index contributed by atoms with van der Waals surface area (Å²) in [5.74, 6) is 0.536. The highest BCUT2D eigenvalue weighted by Gasteiger charge is 2.03. The average molecular weight is 316 g/mol. The van der Waals surface area contributed by atoms with Gasteiger partial charge in [-0.25, -0.2) is 0 Å². The van der Waals surface area contributed by atoms with Gasteiger partial charge < -0.3 is 20.1 Å². The van der Waals surface area contributed by atoms with E-state index >= 15 is 0 Å². The zero-order chi connectivity index (χ0) is 16.6. The molecule has 6 heteroatoms. The average Bonchev–Trinajstić information content (AvgIpc) is 2.47. The summed E-state index contributed by atoms with van der Waals surface area (Å²) >= 11 is 0. The second-order valence-corrected chi connectivity index (χ2v) is 5.66. The molecule has 0 spiro atoms. The van der Waals surface area contributed by atoms with Gasteiger partial charge in [-0.3, -0.25) is 9.59 Å². The van der Waals surface area contributed by atoms with E-state index in [0.29, 0.717) is 45.2 Å². The third-order valence-corrected chi connectivity index (χ3v) is 3.01. The standard InChI is InChI=1S/C16H32N2O4/c1-14(2)13-16(20)18-8-5-4-6-9-21-11-12-22-10-7-15(19)17-3/h14H,4-13H2,1-3H3,(H,17,19)(H,18,20). The summed E-state index contributed by atoms with van der Waals surface area (Å²) < 4.78 is 10.7. The highest BCUT2D eigenvalue weighted by molar-refractivity contribution is 5.76. The summed E-state index contributed by atoms with van der Waals surface area (Å²) in [6, 6.07) is 0. The maximum Gasteiger partial charge on any atom is 0.222 e. The molecular weight excluding hydrogens is 284 g/mol. The highest BCUT2D eigenvalue weighted by Crippen LogP contribution is 1.99. The van der Waals surface area contributed by atoms with Gasteiger partial charge in [-0.2, -0.15) is 0 Å². The van der Waals surface area contributed by atoms with Gasteiger partial charge in [-0.1, -0.05) is 13.8 Å². The zero-order valence-electron chi connectivity index (χ0n) is 14.3. The van der Waals surface area contributed by atoms with Gasteiger partial charge in [-0.15, -0.1) is 0 Å². The fourth-order valence-corrected chi connectivity index (χ4v) is 1.79. The van der Waals surface area contributed by atoms with Gasteiger partial charge in [-0.05, 0) is 25.2 Å². The van der Waals surface area contributed by atoms with E-state index in [1.54, 1.807) is 7.05 Å². The third kappa shape index (κ3) is 15.3. The molecule has 0 aromatic heterocycles. The molecule has 0 radical (unpaired) electrons. The first-order valence-electron chi connectivity index (χ1n) is 8.19. The molecule has 0 aromatic carbocycles. The SMILES string of the molecule is CNC(=O)CCOCCOCCCCCNC(=O)CC(C)C. The lowest BCUT2D eigenvalue weighted by molar-refractivity contribution is -0.122. The molecule has 0 bridgehead atoms. The zero-order valence-corrected chi connectivity index (χ0v) is 14.3. The van der Waals surface area contributed by atoms with Crippen molar-refractivity contribution in [3.8, 4) is 0 Å². The molecule has 0 saturated carbocycles. The molecule has 0 rings (SSSR count). The van der Waals surface area contributed by atoms with Crippen molar-refractivity contribution in [1.82, 2.24) is 10.6 Å². The maximum absolute atomic E-state index is 11.4. The third-order valence-electron chi connectivity index (χ3n) is 3.01. The van der Waals surface area contributed by atoms with Crippen molar-refractivity contribution in [1.29, 1.82) is 0 Å². The molecule has 0 atom stereocenters. The molecule has 0 heterocycles. The molecule has 0 unspecified atom stereocenters. The van der Waals surface area contributed by atoms with E-state index in [2.05, 4.69) is 10.6 Å². The van der Waals surface area contributed by atoms with E-state index in [4.69, 9.17) is 9.47 Å². The van der Waals surface area contributed by atoms with Crippen molar-refractivity contribution in [3.05, 3.63) is 0 Å². The van der Waals surface area contributed by atoms with Gasteiger partial charge in [0.1, 0.15) is 0 Å². The minimum atomic E-state index is -0.0126. The van der Waals surface area contributed by atoms with E-state index < -0.39 is 0 Å². The molecule has 130 valence electrons. The van der Waals surface area contributed by atoms with Gasteiger partial charge >= 0.3 is 0 Å². The highest BCUT2D eigenvalue weighted by atomic mass is 16.5. The number of carbonyl (C=O) groups excluding carboxylic acids is 2. The summed E-state index contributed by atoms with van der Waals surface area (Å²) in [6.07, 6.45) is 4.00. The van der Waals surface area contributed by atoms with Crippen LogP contribution in [0.1, 0.15) is 46.0 Å². The monoisotopic (exact) mass is 316 g/mol. The van der Waals surface area contributed by atoms with Crippen LogP contribution in [0.15, 0.2) is 0 Å². The first-order valence-corrected chi connectivity index (χ1v) is 8.19. The van der Waals surface area contributed by atoms with Crippen LogP contribution in [0.25, 0.3) is 0 Å². The number of hydrogen-bond acceptors (Lipinski definition) is 4. The van der Waals surface area contributed by atoms with E-state index in [0.717, 1.165) is 25.8 Å². The minimum Gasteiger partial charge on any atom is -0.379 e. The molecular formula is C16H32N2O4. The summed E-state index contributed by atoms with van der Waals surface area (Å²) in [7, 11) is 1.61. The van der Waals surface area contributed by atoms with Crippen LogP contribution in [0.2, 0.25) is 0 Å². The van der Waals surface area contributed by atoms with Gasteiger partial charge in [0, 0.05) is 33.0 Å². The normalized spacial score (nSPS) is 10.7. The molecule has 2 amide bonds. The molecule has 0 saturated heterocycles. The molecule has 22 heavy (non-hydrogen) atoms. The van der Waals surface area contributed by atoms with Crippen molar-refractivity contribution in [2.45, 2.75) is 46.0 Å². The number of carbonyl (C=O) groups is 2. The van der Waals surface area contributed by atoms with Crippen LogP contribution in [0.3, 0.4) is 0 Å². The number of ether oxygens (including phenoxy) is 2. The van der Waals surface area contributed by atoms with Crippen molar-refractivity contribution in [3.63, 3.8) is 0 Å². The summed E-state index contributed by atoms with van der Waals surface area (Å²) in [5.41, 5.74) is 0. The lowest BCUT2D eigenvalue weighted by Gasteiger charge is -2.07. The van der Waals surface area contributed by atoms with E-state index in [1.165, 1.54) is 0 Å². The molecule has 0 aliphatic rings. The maximum atomic E-state index is 11.4. The van der Waals surface area contributed by atoms with Gasteiger partial charge in [0.05, 0.1) is 19.8 Å². The summed E-state index contributed by atoms with van der Waals surface area (Å²) in [5, 5.41) is 5.46. The molecule has 0 aliphatic heterocycles. The Balaban J connectivity index is 3.14. The molecule has 6 nitrogen and oxygen atoms in total. The van der Waals surface area contributed by atoms with Crippen molar-refractivity contribution < 1.29 is 19.1 Å². The molecule has 2 N–H and O–H groups in total. The Morgan fingerprint density at radius 3 is 2.23 bits per heavy atom. The molecule has 0 aliphatic carbocycles. The lowest BCUT2D eigenvalue weighted by atomic mass is 10.1. The van der Waals surface area contributed by atoms with Crippen LogP contribution in [0.4, 0.5) is 0 Å². The van der Waals surface area contributed by atoms with E-state index in [-0.39, 0.29) is 11.8 Å². The predicted molar refractivity (Wildman–Crippen MR) is 86.6 cm³/mol. The fourth-order valence-electron chi connectivity index (χ4n) is 1.79. The second kappa shape index (κ2) is 14.8. The second-order valence-electron chi connectivity index (χ2n) is 5.66. The predicted octanol–water partition coefficient (Wildman–Crippen LogP) is 1.49. The Hall–Kier alpha value is -1.14. The van der Waals surface area contributed by atoms with E-state index in [9.17, 15) is 9.59 Å². The lowest BCUT2D eigenvalue weighted by Crippen LogP contribution is -2.25. The van der Waals surface area contributed by atoms with Crippen LogP contribution in [0, 0.1) is 5.92 Å². The quantitative estimate of drug-likeness (QED) is 0.476. The smallest absolute Gasteiger partial charge is 0.222 e. The summed E-state index contributed by atoms with van der Waals surface area (Å²) in [4.78, 5) is 22.3. The Morgan fingerprint density at radius 1 is 0.909 bits per heavy atom. The van der Waals surface area contributed by atoms with Crippen LogP contribution in [-0.2, 0) is 19.1 Å². The van der Waals surface area contributed by atoms with Gasteiger partial charge in [0.15, 0.2) is 0 Å². The number of amides is 2. The molecule has 0 fully saturated rings. The van der Waals surface area contributed by atoms with Crippen LogP contribution >= 0.6 is 0 Å². The number of rotatable bonds is 14. The van der Waals surface area contributed by atoms with Crippen molar-refractivity contribution in [2.24, 2.45) is 5.92 Å². The Kier molecular flexibility index (Phi) is 14.0. The van der Waals surface area contributed by atoms with Gasteiger partial charge in [0.2, 0.25) is 11.8 Å². The Morgan fingerprint density at radius 2 is 1.59 bits per heavy atom. The van der Waals surface area contributed by atoms with Crippen molar-refractivity contribution in [2.75, 3.05) is 40.0 Å². The van der Waals surface area contributed by atoms with E-state index in [1.807, 2.05) is 13.8 Å². The van der Waals surface area contributed by atoms with Crippen LogP contribution in [0.5, 0.6) is 0 Å². The van der Waals surface area contributed by atoms with Gasteiger partial charge in [0.25, 0.3) is 0 Å². The van der Waals surface area contributed by atoms with Crippen LogP contribution < -0.4 is 10.6 Å². The molecule has 0 aromatic rings. The first-order chi connectivity index (χ1) is 10.6.